The van der Waals surface area contributed by atoms with Gasteiger partial charge in [0.05, 0.1) is 18.8 Å². The number of amides is 1. The third-order valence-electron chi connectivity index (χ3n) is 3.15. The van der Waals surface area contributed by atoms with Crippen LogP contribution >= 0.6 is 0 Å². The average Bonchev–Trinajstić information content (AvgIpc) is 2.90. The lowest BCUT2D eigenvalue weighted by Gasteiger charge is -2.17. The Bertz CT molecular complexity index is 658. The van der Waals surface area contributed by atoms with Crippen molar-refractivity contribution in [3.8, 4) is 5.75 Å². The van der Waals surface area contributed by atoms with E-state index in [0.29, 0.717) is 18.0 Å². The molecule has 1 aromatic carbocycles. The van der Waals surface area contributed by atoms with E-state index >= 15 is 0 Å². The third-order valence-corrected chi connectivity index (χ3v) is 3.15. The van der Waals surface area contributed by atoms with E-state index in [0.717, 1.165) is 5.76 Å². The Balaban J connectivity index is 1.91. The van der Waals surface area contributed by atoms with Gasteiger partial charge in [0.2, 0.25) is 5.91 Å². The first-order valence-electron chi connectivity index (χ1n) is 7.02. The molecular weight excluding hydrogens is 306 g/mol. The Hall–Kier alpha value is -2.57. The molecule has 0 radical (unpaired) electrons. The molecule has 0 spiro atoms. The number of halogens is 2. The van der Waals surface area contributed by atoms with Gasteiger partial charge < -0.3 is 19.4 Å². The van der Waals surface area contributed by atoms with Gasteiger partial charge in [-0.3, -0.25) is 4.79 Å². The van der Waals surface area contributed by atoms with Crippen molar-refractivity contribution in [1.82, 2.24) is 4.90 Å². The number of nitrogens with one attached hydrogen (secondary N) is 1. The number of furan rings is 1. The van der Waals surface area contributed by atoms with Gasteiger partial charge >= 0.3 is 6.61 Å². The number of anilines is 1. The summed E-state index contributed by atoms with van der Waals surface area (Å²) in [6.45, 7) is -0.797. The summed E-state index contributed by atoms with van der Waals surface area (Å²) < 4.78 is 34.5. The van der Waals surface area contributed by atoms with Crippen molar-refractivity contribution in [3.05, 3.63) is 47.9 Å². The number of carbonyl (C=O) groups is 1. The summed E-state index contributed by atoms with van der Waals surface area (Å²) in [5.74, 6) is 1.25. The smallest absolute Gasteiger partial charge is 0.387 e. The Kier molecular flexibility index (Phi) is 5.56. The van der Waals surface area contributed by atoms with Gasteiger partial charge in [-0.25, -0.2) is 0 Å². The fourth-order valence-electron chi connectivity index (χ4n) is 2.01. The molecule has 0 bridgehead atoms. The highest BCUT2D eigenvalue weighted by Crippen LogP contribution is 2.25. The zero-order valence-electron chi connectivity index (χ0n) is 12.9. The molecule has 2 aromatic rings. The quantitative estimate of drug-likeness (QED) is 0.849. The molecular formula is C16H18F2N2O3. The molecule has 2 rings (SSSR count). The van der Waals surface area contributed by atoms with Gasteiger partial charge in [0, 0.05) is 7.05 Å². The van der Waals surface area contributed by atoms with Crippen LogP contribution in [0.4, 0.5) is 14.5 Å². The summed E-state index contributed by atoms with van der Waals surface area (Å²) in [6, 6.07) is 9.86. The Morgan fingerprint density at radius 1 is 1.30 bits per heavy atom. The minimum absolute atomic E-state index is 0.000359. The van der Waals surface area contributed by atoms with Crippen molar-refractivity contribution in [1.29, 1.82) is 0 Å². The first-order chi connectivity index (χ1) is 11.0. The standard InChI is InChI=1S/C16H18F2N2O3/c1-11-7-8-12(22-11)10-20(2)15(21)9-19-13-5-3-4-6-14(13)23-16(17)18/h3-8,16,19H,9-10H2,1-2H3. The maximum atomic E-state index is 12.3. The molecule has 0 unspecified atom stereocenters. The zero-order valence-corrected chi connectivity index (χ0v) is 12.9. The second-order valence-electron chi connectivity index (χ2n) is 4.99. The first-order valence-corrected chi connectivity index (χ1v) is 7.02. The second kappa shape index (κ2) is 7.62. The van der Waals surface area contributed by atoms with Crippen molar-refractivity contribution in [2.75, 3.05) is 18.9 Å². The van der Waals surface area contributed by atoms with Gasteiger partial charge in [-0.05, 0) is 31.2 Å². The monoisotopic (exact) mass is 324 g/mol. The highest BCUT2D eigenvalue weighted by molar-refractivity contribution is 5.81. The van der Waals surface area contributed by atoms with Gasteiger partial charge in [-0.2, -0.15) is 8.78 Å². The summed E-state index contributed by atoms with van der Waals surface area (Å²) in [5.41, 5.74) is 0.336. The van der Waals surface area contributed by atoms with E-state index in [4.69, 9.17) is 4.42 Å². The molecule has 1 N–H and O–H groups in total. The highest BCUT2D eigenvalue weighted by atomic mass is 19.3. The summed E-state index contributed by atoms with van der Waals surface area (Å²) in [5, 5.41) is 2.81. The maximum Gasteiger partial charge on any atom is 0.387 e. The Morgan fingerprint density at radius 2 is 2.04 bits per heavy atom. The highest BCUT2D eigenvalue weighted by Gasteiger charge is 2.13. The number of ether oxygens (including phenoxy) is 1. The van der Waals surface area contributed by atoms with Gasteiger partial charge in [0.1, 0.15) is 17.3 Å². The summed E-state index contributed by atoms with van der Waals surface area (Å²) in [4.78, 5) is 13.6. The lowest BCUT2D eigenvalue weighted by atomic mass is 10.3. The van der Waals surface area contributed by atoms with Crippen LogP contribution in [0, 0.1) is 6.92 Å². The molecule has 124 valence electrons. The number of hydrogen-bond acceptors (Lipinski definition) is 4. The van der Waals surface area contributed by atoms with Crippen LogP contribution in [0.3, 0.4) is 0 Å². The largest absolute Gasteiger partial charge is 0.464 e. The maximum absolute atomic E-state index is 12.3. The predicted molar refractivity (Wildman–Crippen MR) is 81.5 cm³/mol. The number of likely N-dealkylation sites (N-methyl/N-ethyl adjacent to an activating group) is 1. The van der Waals surface area contributed by atoms with Crippen LogP contribution in [-0.2, 0) is 11.3 Å². The van der Waals surface area contributed by atoms with Crippen LogP contribution in [0.25, 0.3) is 0 Å². The predicted octanol–water partition coefficient (Wildman–Crippen LogP) is 3.26. The number of alkyl halides is 2. The molecule has 1 amide bonds. The number of para-hydroxylation sites is 2. The molecule has 0 atom stereocenters. The summed E-state index contributed by atoms with van der Waals surface area (Å²) >= 11 is 0. The van der Waals surface area contributed by atoms with Crippen LogP contribution in [0.15, 0.2) is 40.8 Å². The molecule has 0 fully saturated rings. The van der Waals surface area contributed by atoms with E-state index in [1.54, 1.807) is 31.3 Å². The molecule has 7 heteroatoms. The van der Waals surface area contributed by atoms with Crippen LogP contribution in [0.5, 0.6) is 5.75 Å². The lowest BCUT2D eigenvalue weighted by Crippen LogP contribution is -2.31. The van der Waals surface area contributed by atoms with Gasteiger partial charge in [0.25, 0.3) is 0 Å². The fraction of sp³-hybridized carbons (Fsp3) is 0.312. The Morgan fingerprint density at radius 3 is 2.70 bits per heavy atom. The Labute approximate surface area is 132 Å². The van der Waals surface area contributed by atoms with Gasteiger partial charge in [0.15, 0.2) is 0 Å². The fourth-order valence-corrected chi connectivity index (χ4v) is 2.01. The topological polar surface area (TPSA) is 54.7 Å². The molecule has 0 aliphatic rings. The van der Waals surface area contributed by atoms with E-state index in [-0.39, 0.29) is 18.2 Å². The zero-order chi connectivity index (χ0) is 16.8. The van der Waals surface area contributed by atoms with Crippen molar-refractivity contribution < 1.29 is 22.7 Å². The second-order valence-corrected chi connectivity index (χ2v) is 4.99. The van der Waals surface area contributed by atoms with E-state index in [1.807, 2.05) is 13.0 Å². The van der Waals surface area contributed by atoms with Crippen molar-refractivity contribution in [2.24, 2.45) is 0 Å². The van der Waals surface area contributed by atoms with Crippen LogP contribution in [0.2, 0.25) is 0 Å². The SMILES string of the molecule is Cc1ccc(CN(C)C(=O)CNc2ccccc2OC(F)F)o1. The normalized spacial score (nSPS) is 10.7. The summed E-state index contributed by atoms with van der Waals surface area (Å²) in [6.07, 6.45) is 0. The van der Waals surface area contributed by atoms with Crippen LogP contribution in [0.1, 0.15) is 11.5 Å². The molecule has 23 heavy (non-hydrogen) atoms. The van der Waals surface area contributed by atoms with E-state index in [2.05, 4.69) is 10.1 Å². The molecule has 1 heterocycles. The summed E-state index contributed by atoms with van der Waals surface area (Å²) in [7, 11) is 1.64. The number of hydrogen-bond donors (Lipinski definition) is 1. The molecule has 0 saturated carbocycles. The molecule has 1 aromatic heterocycles. The lowest BCUT2D eigenvalue weighted by molar-refractivity contribution is -0.128. The van der Waals surface area contributed by atoms with Crippen LogP contribution in [-0.4, -0.2) is 31.0 Å². The van der Waals surface area contributed by atoms with Gasteiger partial charge in [-0.15, -0.1) is 0 Å². The van der Waals surface area contributed by atoms with E-state index in [1.165, 1.54) is 11.0 Å². The minimum Gasteiger partial charge on any atom is -0.464 e. The number of nitrogens with zero attached hydrogens (tertiary/aromatic N) is 1. The van der Waals surface area contributed by atoms with Crippen LogP contribution < -0.4 is 10.1 Å². The first kappa shape index (κ1) is 16.8. The van der Waals surface area contributed by atoms with E-state index < -0.39 is 6.61 Å². The minimum atomic E-state index is -2.92. The number of carbonyl (C=O) groups excluding carboxylic acids is 1. The van der Waals surface area contributed by atoms with Crippen molar-refractivity contribution in [2.45, 2.75) is 20.1 Å². The molecule has 0 aliphatic carbocycles. The molecule has 0 aliphatic heterocycles. The van der Waals surface area contributed by atoms with Crippen molar-refractivity contribution >= 4 is 11.6 Å². The number of aryl methyl sites for hydroxylation is 1. The number of benzene rings is 1. The van der Waals surface area contributed by atoms with Gasteiger partial charge in [-0.1, -0.05) is 12.1 Å². The number of rotatable bonds is 7. The molecule has 0 saturated heterocycles. The third kappa shape index (κ3) is 4.98. The average molecular weight is 324 g/mol. The van der Waals surface area contributed by atoms with E-state index in [9.17, 15) is 13.6 Å². The van der Waals surface area contributed by atoms with Crippen molar-refractivity contribution in [3.63, 3.8) is 0 Å². The molecule has 5 nitrogen and oxygen atoms in total.